The standard InChI is InChI=1S/C28H41N3O4S/c1-8-22(6)29-28(33)26(9-2)30(18-24-13-11-10-12-21(24)5)27(32)19-31(36(7,34)35)25-16-14-23(15-17-25)20(3)4/h10-17,20,22,26H,8-9,18-19H2,1-7H3,(H,29,33)/t22-,26+/m1/s1. The molecule has 2 amide bonds. The van der Waals surface area contributed by atoms with Crippen molar-refractivity contribution in [3.63, 3.8) is 0 Å². The van der Waals surface area contributed by atoms with Crippen LogP contribution in [-0.2, 0) is 26.2 Å². The van der Waals surface area contributed by atoms with Gasteiger partial charge in [0.15, 0.2) is 0 Å². The average Bonchev–Trinajstić information content (AvgIpc) is 2.82. The van der Waals surface area contributed by atoms with Crippen molar-refractivity contribution in [3.05, 3.63) is 65.2 Å². The van der Waals surface area contributed by atoms with Crippen LogP contribution in [0.1, 0.15) is 70.1 Å². The fraction of sp³-hybridized carbons (Fsp3) is 0.500. The summed E-state index contributed by atoms with van der Waals surface area (Å²) in [6, 6.07) is 14.1. The summed E-state index contributed by atoms with van der Waals surface area (Å²) in [7, 11) is -3.75. The van der Waals surface area contributed by atoms with Crippen LogP contribution in [0.3, 0.4) is 0 Å². The maximum absolute atomic E-state index is 13.8. The molecule has 2 atom stereocenters. The number of carbonyl (C=O) groups excluding carboxylic acids is 2. The summed E-state index contributed by atoms with van der Waals surface area (Å²) in [6.07, 6.45) is 2.26. The smallest absolute Gasteiger partial charge is 0.244 e. The van der Waals surface area contributed by atoms with E-state index >= 15 is 0 Å². The molecule has 8 heteroatoms. The predicted octanol–water partition coefficient (Wildman–Crippen LogP) is 4.61. The Morgan fingerprint density at radius 1 is 0.944 bits per heavy atom. The number of benzene rings is 2. The van der Waals surface area contributed by atoms with Crippen molar-refractivity contribution in [2.24, 2.45) is 0 Å². The van der Waals surface area contributed by atoms with E-state index in [4.69, 9.17) is 0 Å². The van der Waals surface area contributed by atoms with Gasteiger partial charge in [0.2, 0.25) is 21.8 Å². The van der Waals surface area contributed by atoms with Crippen LogP contribution in [0.4, 0.5) is 5.69 Å². The minimum absolute atomic E-state index is 0.0334. The fourth-order valence-electron chi connectivity index (χ4n) is 3.97. The molecule has 7 nitrogen and oxygen atoms in total. The quantitative estimate of drug-likeness (QED) is 0.447. The van der Waals surface area contributed by atoms with Crippen LogP contribution >= 0.6 is 0 Å². The first kappa shape index (κ1) is 29.4. The zero-order valence-electron chi connectivity index (χ0n) is 22.6. The summed E-state index contributed by atoms with van der Waals surface area (Å²) >= 11 is 0. The Morgan fingerprint density at radius 3 is 2.06 bits per heavy atom. The third-order valence-corrected chi connectivity index (χ3v) is 7.66. The van der Waals surface area contributed by atoms with Crippen molar-refractivity contribution in [2.45, 2.75) is 78.9 Å². The lowest BCUT2D eigenvalue weighted by atomic mass is 10.0. The molecule has 0 radical (unpaired) electrons. The summed E-state index contributed by atoms with van der Waals surface area (Å²) in [4.78, 5) is 28.5. The van der Waals surface area contributed by atoms with Gasteiger partial charge in [0.25, 0.3) is 0 Å². The van der Waals surface area contributed by atoms with Gasteiger partial charge in [0, 0.05) is 12.6 Å². The molecule has 0 aliphatic carbocycles. The molecule has 0 aromatic heterocycles. The molecule has 36 heavy (non-hydrogen) atoms. The summed E-state index contributed by atoms with van der Waals surface area (Å²) in [5.74, 6) is -0.366. The monoisotopic (exact) mass is 515 g/mol. The molecule has 0 heterocycles. The Kier molecular flexibility index (Phi) is 10.5. The number of sulfonamides is 1. The van der Waals surface area contributed by atoms with Gasteiger partial charge in [0.05, 0.1) is 11.9 Å². The number of rotatable bonds is 12. The van der Waals surface area contributed by atoms with Gasteiger partial charge in [-0.05, 0) is 61.4 Å². The van der Waals surface area contributed by atoms with Crippen LogP contribution in [-0.4, -0.2) is 50.0 Å². The molecular weight excluding hydrogens is 474 g/mol. The van der Waals surface area contributed by atoms with Gasteiger partial charge in [-0.15, -0.1) is 0 Å². The summed E-state index contributed by atoms with van der Waals surface area (Å²) in [5, 5.41) is 2.98. The highest BCUT2D eigenvalue weighted by Gasteiger charge is 2.32. The molecule has 0 saturated heterocycles. The highest BCUT2D eigenvalue weighted by molar-refractivity contribution is 7.92. The minimum atomic E-state index is -3.75. The van der Waals surface area contributed by atoms with Crippen molar-refractivity contribution in [1.29, 1.82) is 0 Å². The molecule has 0 spiro atoms. The van der Waals surface area contributed by atoms with E-state index in [-0.39, 0.29) is 18.5 Å². The van der Waals surface area contributed by atoms with E-state index in [1.165, 1.54) is 4.90 Å². The molecule has 0 bridgehead atoms. The predicted molar refractivity (Wildman–Crippen MR) is 146 cm³/mol. The van der Waals surface area contributed by atoms with Gasteiger partial charge < -0.3 is 10.2 Å². The lowest BCUT2D eigenvalue weighted by Crippen LogP contribution is -2.53. The third kappa shape index (κ3) is 7.82. The van der Waals surface area contributed by atoms with Gasteiger partial charge >= 0.3 is 0 Å². The van der Waals surface area contributed by atoms with E-state index in [0.29, 0.717) is 18.0 Å². The first-order chi connectivity index (χ1) is 16.9. The molecule has 0 aliphatic heterocycles. The van der Waals surface area contributed by atoms with Crippen molar-refractivity contribution in [3.8, 4) is 0 Å². The number of hydrogen-bond acceptors (Lipinski definition) is 4. The third-order valence-electron chi connectivity index (χ3n) is 6.52. The van der Waals surface area contributed by atoms with Gasteiger partial charge in [-0.3, -0.25) is 13.9 Å². The molecule has 1 N–H and O–H groups in total. The number of carbonyl (C=O) groups is 2. The number of nitrogens with zero attached hydrogens (tertiary/aromatic N) is 2. The molecule has 2 aromatic carbocycles. The maximum atomic E-state index is 13.8. The zero-order valence-corrected chi connectivity index (χ0v) is 23.4. The Balaban J connectivity index is 2.45. The lowest BCUT2D eigenvalue weighted by Gasteiger charge is -2.33. The molecule has 2 rings (SSSR count). The Hall–Kier alpha value is -2.87. The second-order valence-electron chi connectivity index (χ2n) is 9.71. The number of aryl methyl sites for hydroxylation is 1. The molecule has 0 unspecified atom stereocenters. The van der Waals surface area contributed by atoms with Crippen molar-refractivity contribution in [2.75, 3.05) is 17.1 Å². The Labute approximate surface area is 216 Å². The van der Waals surface area contributed by atoms with Crippen LogP contribution in [0.15, 0.2) is 48.5 Å². The average molecular weight is 516 g/mol. The zero-order chi connectivity index (χ0) is 27.0. The second kappa shape index (κ2) is 12.9. The van der Waals surface area contributed by atoms with E-state index in [1.54, 1.807) is 12.1 Å². The molecule has 0 fully saturated rings. The van der Waals surface area contributed by atoms with Crippen molar-refractivity contribution in [1.82, 2.24) is 10.2 Å². The van der Waals surface area contributed by atoms with Crippen LogP contribution in [0.2, 0.25) is 0 Å². The van der Waals surface area contributed by atoms with E-state index < -0.39 is 28.5 Å². The second-order valence-corrected chi connectivity index (χ2v) is 11.6. The van der Waals surface area contributed by atoms with Gasteiger partial charge in [-0.2, -0.15) is 0 Å². The summed E-state index contributed by atoms with van der Waals surface area (Å²) in [6.45, 7) is 11.7. The van der Waals surface area contributed by atoms with E-state index in [9.17, 15) is 18.0 Å². The minimum Gasteiger partial charge on any atom is -0.352 e. The van der Waals surface area contributed by atoms with E-state index in [2.05, 4.69) is 19.2 Å². The van der Waals surface area contributed by atoms with Crippen molar-refractivity contribution < 1.29 is 18.0 Å². The molecule has 0 aliphatic rings. The first-order valence-electron chi connectivity index (χ1n) is 12.6. The van der Waals surface area contributed by atoms with Crippen LogP contribution in [0, 0.1) is 6.92 Å². The molecule has 198 valence electrons. The fourth-order valence-corrected chi connectivity index (χ4v) is 4.82. The largest absolute Gasteiger partial charge is 0.352 e. The highest BCUT2D eigenvalue weighted by Crippen LogP contribution is 2.23. The number of nitrogens with one attached hydrogen (secondary N) is 1. The van der Waals surface area contributed by atoms with Gasteiger partial charge in [-0.25, -0.2) is 8.42 Å². The number of amides is 2. The summed E-state index contributed by atoms with van der Waals surface area (Å²) < 4.78 is 26.6. The number of hydrogen-bond donors (Lipinski definition) is 1. The Bertz CT molecular complexity index is 1130. The maximum Gasteiger partial charge on any atom is 0.244 e. The first-order valence-corrected chi connectivity index (χ1v) is 14.5. The van der Waals surface area contributed by atoms with Crippen LogP contribution < -0.4 is 9.62 Å². The Morgan fingerprint density at radius 2 is 1.56 bits per heavy atom. The van der Waals surface area contributed by atoms with Gasteiger partial charge in [0.1, 0.15) is 12.6 Å². The molecular formula is C28H41N3O4S. The SMILES string of the molecule is CC[C@@H](C)NC(=O)[C@H](CC)N(Cc1ccccc1C)C(=O)CN(c1ccc(C(C)C)cc1)S(C)(=O)=O. The van der Waals surface area contributed by atoms with Gasteiger partial charge in [-0.1, -0.05) is 64.1 Å². The van der Waals surface area contributed by atoms with E-state index in [1.807, 2.05) is 64.1 Å². The number of anilines is 1. The van der Waals surface area contributed by atoms with Crippen molar-refractivity contribution >= 4 is 27.5 Å². The molecule has 0 saturated carbocycles. The highest BCUT2D eigenvalue weighted by atomic mass is 32.2. The normalized spacial score (nSPS) is 13.2. The van der Waals surface area contributed by atoms with E-state index in [0.717, 1.165) is 33.7 Å². The molecule has 2 aromatic rings. The topological polar surface area (TPSA) is 86.8 Å². The summed E-state index contributed by atoms with van der Waals surface area (Å²) in [5.41, 5.74) is 3.40. The van der Waals surface area contributed by atoms with Crippen LogP contribution in [0.5, 0.6) is 0 Å². The van der Waals surface area contributed by atoms with Crippen LogP contribution in [0.25, 0.3) is 0 Å². The lowest BCUT2D eigenvalue weighted by molar-refractivity contribution is -0.140.